The van der Waals surface area contributed by atoms with Crippen LogP contribution in [0.15, 0.2) is 0 Å². The highest BCUT2D eigenvalue weighted by molar-refractivity contribution is 4.73. The predicted molar refractivity (Wildman–Crippen MR) is 42.4 cm³/mol. The summed E-state index contributed by atoms with van der Waals surface area (Å²) < 4.78 is 4.88. The van der Waals surface area contributed by atoms with Crippen LogP contribution >= 0.6 is 0 Å². The zero-order chi connectivity index (χ0) is 8.85. The highest BCUT2D eigenvalue weighted by Gasteiger charge is 2.19. The third-order valence-electron chi connectivity index (χ3n) is 1.63. The summed E-state index contributed by atoms with van der Waals surface area (Å²) in [5, 5.41) is 17.9. The lowest BCUT2D eigenvalue weighted by Gasteiger charge is -2.26. The molecule has 0 aromatic carbocycles. The number of ether oxygens (including phenoxy) is 1. The SMILES string of the molecule is COCC(C(O)CO)N(C)C. The van der Waals surface area contributed by atoms with E-state index in [4.69, 9.17) is 9.84 Å². The lowest BCUT2D eigenvalue weighted by atomic mass is 10.1. The Bertz CT molecular complexity index is 97.7. The van der Waals surface area contributed by atoms with E-state index in [2.05, 4.69) is 0 Å². The summed E-state index contributed by atoms with van der Waals surface area (Å²) in [5.74, 6) is 0. The number of likely N-dealkylation sites (N-methyl/N-ethyl adjacent to an activating group) is 1. The van der Waals surface area contributed by atoms with E-state index in [9.17, 15) is 5.11 Å². The van der Waals surface area contributed by atoms with Gasteiger partial charge in [-0.3, -0.25) is 0 Å². The van der Waals surface area contributed by atoms with Crippen molar-refractivity contribution in [2.24, 2.45) is 0 Å². The third-order valence-corrected chi connectivity index (χ3v) is 1.63. The van der Waals surface area contributed by atoms with Crippen molar-refractivity contribution in [3.8, 4) is 0 Å². The van der Waals surface area contributed by atoms with Gasteiger partial charge < -0.3 is 19.8 Å². The molecule has 11 heavy (non-hydrogen) atoms. The van der Waals surface area contributed by atoms with E-state index >= 15 is 0 Å². The van der Waals surface area contributed by atoms with Gasteiger partial charge in [-0.1, -0.05) is 0 Å². The van der Waals surface area contributed by atoms with Gasteiger partial charge in [0.2, 0.25) is 0 Å². The first-order valence-corrected chi connectivity index (χ1v) is 3.57. The predicted octanol–water partition coefficient (Wildman–Crippen LogP) is -1.08. The van der Waals surface area contributed by atoms with Gasteiger partial charge >= 0.3 is 0 Å². The lowest BCUT2D eigenvalue weighted by molar-refractivity contribution is -0.00544. The molecule has 0 radical (unpaired) electrons. The average molecular weight is 163 g/mol. The Morgan fingerprint density at radius 3 is 2.27 bits per heavy atom. The molecule has 4 heteroatoms. The summed E-state index contributed by atoms with van der Waals surface area (Å²) in [6, 6.07) is -0.134. The van der Waals surface area contributed by atoms with Crippen molar-refractivity contribution in [1.29, 1.82) is 0 Å². The van der Waals surface area contributed by atoms with Gasteiger partial charge in [-0.05, 0) is 14.1 Å². The van der Waals surface area contributed by atoms with Gasteiger partial charge in [-0.2, -0.15) is 0 Å². The molecule has 0 heterocycles. The van der Waals surface area contributed by atoms with Crippen LogP contribution in [-0.4, -0.2) is 61.7 Å². The Morgan fingerprint density at radius 1 is 1.45 bits per heavy atom. The number of hydrogen-bond donors (Lipinski definition) is 2. The van der Waals surface area contributed by atoms with Crippen molar-refractivity contribution >= 4 is 0 Å². The molecule has 0 aromatic heterocycles. The Kier molecular flexibility index (Phi) is 5.41. The van der Waals surface area contributed by atoms with E-state index in [1.54, 1.807) is 7.11 Å². The van der Waals surface area contributed by atoms with Crippen LogP contribution in [0.25, 0.3) is 0 Å². The van der Waals surface area contributed by atoms with Crippen molar-refractivity contribution in [2.75, 3.05) is 34.4 Å². The number of aliphatic hydroxyl groups excluding tert-OH is 2. The van der Waals surface area contributed by atoms with Gasteiger partial charge in [0, 0.05) is 7.11 Å². The van der Waals surface area contributed by atoms with E-state index in [0.717, 1.165) is 0 Å². The maximum atomic E-state index is 9.25. The minimum Gasteiger partial charge on any atom is -0.394 e. The molecular weight excluding hydrogens is 146 g/mol. The second-order valence-corrected chi connectivity index (χ2v) is 2.74. The fraction of sp³-hybridized carbons (Fsp3) is 1.00. The number of methoxy groups -OCH3 is 1. The van der Waals surface area contributed by atoms with Crippen molar-refractivity contribution in [3.05, 3.63) is 0 Å². The summed E-state index contributed by atoms with van der Waals surface area (Å²) in [7, 11) is 5.24. The molecule has 0 aliphatic rings. The first-order valence-electron chi connectivity index (χ1n) is 3.57. The zero-order valence-corrected chi connectivity index (χ0v) is 7.32. The molecule has 68 valence electrons. The van der Waals surface area contributed by atoms with Crippen LogP contribution in [0.2, 0.25) is 0 Å². The number of hydrogen-bond acceptors (Lipinski definition) is 4. The van der Waals surface area contributed by atoms with Crippen LogP contribution < -0.4 is 0 Å². The molecule has 2 unspecified atom stereocenters. The smallest absolute Gasteiger partial charge is 0.0947 e. The molecule has 2 N–H and O–H groups in total. The molecule has 2 atom stereocenters. The van der Waals surface area contributed by atoms with Crippen molar-refractivity contribution < 1.29 is 14.9 Å². The average Bonchev–Trinajstić information content (AvgIpc) is 1.98. The van der Waals surface area contributed by atoms with E-state index in [1.165, 1.54) is 0 Å². The van der Waals surface area contributed by atoms with E-state index < -0.39 is 6.10 Å². The maximum absolute atomic E-state index is 9.25. The molecule has 0 bridgehead atoms. The zero-order valence-electron chi connectivity index (χ0n) is 7.32. The Morgan fingerprint density at radius 2 is 2.00 bits per heavy atom. The molecule has 0 amide bonds. The van der Waals surface area contributed by atoms with E-state index in [-0.39, 0.29) is 12.6 Å². The Labute approximate surface area is 67.4 Å². The fourth-order valence-electron chi connectivity index (χ4n) is 0.897. The Balaban J connectivity index is 3.87. The summed E-state index contributed by atoms with van der Waals surface area (Å²) in [6.07, 6.45) is -0.732. The molecule has 0 aliphatic heterocycles. The molecule has 0 fully saturated rings. The normalized spacial score (nSPS) is 16.9. The highest BCUT2D eigenvalue weighted by atomic mass is 16.5. The van der Waals surface area contributed by atoms with Crippen LogP contribution in [0, 0.1) is 0 Å². The van der Waals surface area contributed by atoms with Crippen molar-refractivity contribution in [1.82, 2.24) is 4.90 Å². The molecular formula is C7H17NO3. The standard InChI is InChI=1S/C7H17NO3/c1-8(2)6(5-11-3)7(10)4-9/h6-7,9-10H,4-5H2,1-3H3. The first kappa shape index (κ1) is 10.8. The summed E-state index contributed by atoms with van der Waals surface area (Å²) in [4.78, 5) is 1.82. The summed E-state index contributed by atoms with van der Waals surface area (Å²) >= 11 is 0. The molecule has 0 rings (SSSR count). The summed E-state index contributed by atoms with van der Waals surface area (Å²) in [5.41, 5.74) is 0. The summed E-state index contributed by atoms with van der Waals surface area (Å²) in [6.45, 7) is 0.195. The van der Waals surface area contributed by atoms with Gasteiger partial charge in [0.25, 0.3) is 0 Å². The lowest BCUT2D eigenvalue weighted by Crippen LogP contribution is -2.44. The topological polar surface area (TPSA) is 52.9 Å². The fourth-order valence-corrected chi connectivity index (χ4v) is 0.897. The second kappa shape index (κ2) is 5.49. The van der Waals surface area contributed by atoms with Gasteiger partial charge in [-0.25, -0.2) is 0 Å². The highest BCUT2D eigenvalue weighted by Crippen LogP contribution is 2.00. The van der Waals surface area contributed by atoms with Gasteiger partial charge in [0.1, 0.15) is 0 Å². The molecule has 0 saturated heterocycles. The van der Waals surface area contributed by atoms with Gasteiger partial charge in [0.15, 0.2) is 0 Å². The minimum atomic E-state index is -0.732. The van der Waals surface area contributed by atoms with Crippen LogP contribution in [0.4, 0.5) is 0 Å². The minimum absolute atomic E-state index is 0.134. The number of aliphatic hydroxyl groups is 2. The quantitative estimate of drug-likeness (QED) is 0.541. The Hall–Kier alpha value is -0.160. The molecule has 0 spiro atoms. The van der Waals surface area contributed by atoms with E-state index in [1.807, 2.05) is 19.0 Å². The molecule has 0 saturated carbocycles. The van der Waals surface area contributed by atoms with Crippen LogP contribution in [-0.2, 0) is 4.74 Å². The molecule has 0 aliphatic carbocycles. The second-order valence-electron chi connectivity index (χ2n) is 2.74. The molecule has 4 nitrogen and oxygen atoms in total. The van der Waals surface area contributed by atoms with Crippen LogP contribution in [0.3, 0.4) is 0 Å². The maximum Gasteiger partial charge on any atom is 0.0947 e. The van der Waals surface area contributed by atoms with E-state index in [0.29, 0.717) is 6.61 Å². The van der Waals surface area contributed by atoms with Crippen molar-refractivity contribution in [2.45, 2.75) is 12.1 Å². The van der Waals surface area contributed by atoms with Crippen molar-refractivity contribution in [3.63, 3.8) is 0 Å². The monoisotopic (exact) mass is 163 g/mol. The van der Waals surface area contributed by atoms with Gasteiger partial charge in [0.05, 0.1) is 25.4 Å². The van der Waals surface area contributed by atoms with Crippen LogP contribution in [0.5, 0.6) is 0 Å². The third kappa shape index (κ3) is 3.67. The number of rotatable bonds is 5. The van der Waals surface area contributed by atoms with Crippen LogP contribution in [0.1, 0.15) is 0 Å². The van der Waals surface area contributed by atoms with Gasteiger partial charge in [-0.15, -0.1) is 0 Å². The number of nitrogens with zero attached hydrogens (tertiary/aromatic N) is 1. The largest absolute Gasteiger partial charge is 0.394 e. The first-order chi connectivity index (χ1) is 5.13. The molecule has 0 aromatic rings.